The molecule has 7 heteroatoms. The van der Waals surface area contributed by atoms with Gasteiger partial charge >= 0.3 is 5.97 Å². The van der Waals surface area contributed by atoms with Crippen LogP contribution in [0.25, 0.3) is 0 Å². The summed E-state index contributed by atoms with van der Waals surface area (Å²) >= 11 is 0. The SMILES string of the molecule is O=C(O)c1cnnn1CC(=O)N1CCCC1. The number of hydrogen-bond donors (Lipinski definition) is 1. The Morgan fingerprint density at radius 3 is 2.69 bits per heavy atom. The van der Waals surface area contributed by atoms with Crippen LogP contribution >= 0.6 is 0 Å². The third-order valence-electron chi connectivity index (χ3n) is 2.58. The Labute approximate surface area is 91.7 Å². The van der Waals surface area contributed by atoms with Gasteiger partial charge in [0.2, 0.25) is 5.91 Å². The van der Waals surface area contributed by atoms with Gasteiger partial charge in [0, 0.05) is 13.1 Å². The van der Waals surface area contributed by atoms with Crippen molar-refractivity contribution in [3.05, 3.63) is 11.9 Å². The number of carboxylic acids is 1. The third kappa shape index (κ3) is 2.02. The van der Waals surface area contributed by atoms with Gasteiger partial charge in [0.25, 0.3) is 0 Å². The molecule has 1 amide bonds. The lowest BCUT2D eigenvalue weighted by molar-refractivity contribution is -0.131. The Balaban J connectivity index is 2.05. The van der Waals surface area contributed by atoms with Gasteiger partial charge in [-0.25, -0.2) is 9.48 Å². The van der Waals surface area contributed by atoms with Gasteiger partial charge in [0.15, 0.2) is 5.69 Å². The van der Waals surface area contributed by atoms with Crippen molar-refractivity contribution in [2.24, 2.45) is 0 Å². The molecule has 0 spiro atoms. The van der Waals surface area contributed by atoms with Crippen molar-refractivity contribution in [1.82, 2.24) is 19.9 Å². The highest BCUT2D eigenvalue weighted by atomic mass is 16.4. The van der Waals surface area contributed by atoms with Crippen LogP contribution in [0.2, 0.25) is 0 Å². The van der Waals surface area contributed by atoms with Gasteiger partial charge in [0.05, 0.1) is 6.20 Å². The molecule has 2 heterocycles. The first-order valence-corrected chi connectivity index (χ1v) is 5.08. The molecule has 0 aromatic carbocycles. The van der Waals surface area contributed by atoms with E-state index in [0.29, 0.717) is 0 Å². The molecule has 0 atom stereocenters. The Morgan fingerprint density at radius 2 is 2.06 bits per heavy atom. The standard InChI is InChI=1S/C9H12N4O3/c14-8(12-3-1-2-4-12)6-13-7(9(15)16)5-10-11-13/h5H,1-4,6H2,(H,15,16). The fourth-order valence-electron chi connectivity index (χ4n) is 1.73. The predicted octanol–water partition coefficient (Wildman–Crippen LogP) is -0.401. The number of amides is 1. The number of aromatic carboxylic acids is 1. The molecule has 0 unspecified atom stereocenters. The zero-order chi connectivity index (χ0) is 11.5. The Morgan fingerprint density at radius 1 is 1.38 bits per heavy atom. The van der Waals surface area contributed by atoms with Crippen LogP contribution in [-0.2, 0) is 11.3 Å². The zero-order valence-electron chi connectivity index (χ0n) is 8.67. The van der Waals surface area contributed by atoms with E-state index < -0.39 is 5.97 Å². The van der Waals surface area contributed by atoms with E-state index >= 15 is 0 Å². The van der Waals surface area contributed by atoms with Crippen molar-refractivity contribution in [1.29, 1.82) is 0 Å². The van der Waals surface area contributed by atoms with Crippen molar-refractivity contribution in [2.45, 2.75) is 19.4 Å². The third-order valence-corrected chi connectivity index (χ3v) is 2.58. The molecule has 1 fully saturated rings. The molecule has 16 heavy (non-hydrogen) atoms. The van der Waals surface area contributed by atoms with Crippen LogP contribution < -0.4 is 0 Å². The van der Waals surface area contributed by atoms with Crippen LogP contribution in [-0.4, -0.2) is 50.0 Å². The monoisotopic (exact) mass is 224 g/mol. The maximum Gasteiger partial charge on any atom is 0.355 e. The van der Waals surface area contributed by atoms with Crippen LogP contribution in [0.1, 0.15) is 23.3 Å². The number of hydrogen-bond acceptors (Lipinski definition) is 4. The van der Waals surface area contributed by atoms with E-state index in [1.807, 2.05) is 0 Å². The Kier molecular flexibility index (Phi) is 2.84. The summed E-state index contributed by atoms with van der Waals surface area (Å²) in [6.07, 6.45) is 3.16. The quantitative estimate of drug-likeness (QED) is 0.754. The average Bonchev–Trinajstić information content (AvgIpc) is 2.86. The number of carboxylic acid groups (broad SMARTS) is 1. The van der Waals surface area contributed by atoms with Gasteiger partial charge in [-0.05, 0) is 12.8 Å². The molecular formula is C9H12N4O3. The Bertz CT molecular complexity index is 409. The van der Waals surface area contributed by atoms with E-state index in [0.717, 1.165) is 36.8 Å². The zero-order valence-corrected chi connectivity index (χ0v) is 8.67. The van der Waals surface area contributed by atoms with E-state index in [9.17, 15) is 9.59 Å². The number of rotatable bonds is 3. The number of carbonyl (C=O) groups excluding carboxylic acids is 1. The van der Waals surface area contributed by atoms with Gasteiger partial charge in [-0.2, -0.15) is 0 Å². The van der Waals surface area contributed by atoms with E-state index in [1.54, 1.807) is 4.90 Å². The maximum absolute atomic E-state index is 11.7. The second kappa shape index (κ2) is 4.30. The lowest BCUT2D eigenvalue weighted by Gasteiger charge is -2.14. The highest BCUT2D eigenvalue weighted by Gasteiger charge is 2.20. The lowest BCUT2D eigenvalue weighted by atomic mass is 10.4. The van der Waals surface area contributed by atoms with Crippen LogP contribution in [0.5, 0.6) is 0 Å². The smallest absolute Gasteiger partial charge is 0.355 e. The summed E-state index contributed by atoms with van der Waals surface area (Å²) in [6.45, 7) is 1.44. The molecule has 1 aliphatic heterocycles. The van der Waals surface area contributed by atoms with Gasteiger partial charge in [-0.3, -0.25) is 4.79 Å². The first-order chi connectivity index (χ1) is 7.68. The molecule has 86 valence electrons. The summed E-state index contributed by atoms with van der Waals surface area (Å²) in [6, 6.07) is 0. The van der Waals surface area contributed by atoms with Crippen LogP contribution in [0, 0.1) is 0 Å². The molecule has 2 rings (SSSR count). The van der Waals surface area contributed by atoms with E-state index in [-0.39, 0.29) is 18.1 Å². The first kappa shape index (κ1) is 10.6. The number of nitrogens with zero attached hydrogens (tertiary/aromatic N) is 4. The topological polar surface area (TPSA) is 88.3 Å². The van der Waals surface area contributed by atoms with Crippen molar-refractivity contribution in [3.8, 4) is 0 Å². The number of likely N-dealkylation sites (tertiary alicyclic amines) is 1. The largest absolute Gasteiger partial charge is 0.476 e. The van der Waals surface area contributed by atoms with Gasteiger partial charge in [0.1, 0.15) is 6.54 Å². The van der Waals surface area contributed by atoms with Crippen LogP contribution in [0.15, 0.2) is 6.20 Å². The van der Waals surface area contributed by atoms with Crippen molar-refractivity contribution in [3.63, 3.8) is 0 Å². The minimum absolute atomic E-state index is 0.0539. The van der Waals surface area contributed by atoms with E-state index in [2.05, 4.69) is 10.3 Å². The minimum Gasteiger partial charge on any atom is -0.476 e. The lowest BCUT2D eigenvalue weighted by Crippen LogP contribution is -2.32. The van der Waals surface area contributed by atoms with Crippen LogP contribution in [0.3, 0.4) is 0 Å². The normalized spacial score (nSPS) is 15.4. The second-order valence-corrected chi connectivity index (χ2v) is 3.67. The summed E-state index contributed by atoms with van der Waals surface area (Å²) < 4.78 is 1.11. The summed E-state index contributed by atoms with van der Waals surface area (Å²) in [5.74, 6) is -1.23. The Hall–Kier alpha value is -1.92. The van der Waals surface area contributed by atoms with Crippen molar-refractivity contribution < 1.29 is 14.7 Å². The second-order valence-electron chi connectivity index (χ2n) is 3.67. The molecule has 0 bridgehead atoms. The van der Waals surface area contributed by atoms with Crippen LogP contribution in [0.4, 0.5) is 0 Å². The van der Waals surface area contributed by atoms with Crippen molar-refractivity contribution >= 4 is 11.9 Å². The minimum atomic E-state index is -1.13. The molecule has 0 radical (unpaired) electrons. The summed E-state index contributed by atoms with van der Waals surface area (Å²) in [5, 5.41) is 15.9. The van der Waals surface area contributed by atoms with Gasteiger partial charge in [-0.1, -0.05) is 5.21 Å². The van der Waals surface area contributed by atoms with Gasteiger partial charge in [-0.15, -0.1) is 5.10 Å². The molecule has 0 aliphatic carbocycles. The molecule has 1 aromatic rings. The van der Waals surface area contributed by atoms with Gasteiger partial charge < -0.3 is 10.0 Å². The highest BCUT2D eigenvalue weighted by molar-refractivity contribution is 5.86. The molecule has 1 aromatic heterocycles. The summed E-state index contributed by atoms with van der Waals surface area (Å²) in [7, 11) is 0. The number of carbonyl (C=O) groups is 2. The molecule has 1 N–H and O–H groups in total. The average molecular weight is 224 g/mol. The molecule has 1 aliphatic rings. The van der Waals surface area contributed by atoms with E-state index in [1.165, 1.54) is 0 Å². The summed E-state index contributed by atoms with van der Waals surface area (Å²) in [5.41, 5.74) is -0.0625. The van der Waals surface area contributed by atoms with E-state index in [4.69, 9.17) is 5.11 Å². The molecule has 7 nitrogen and oxygen atoms in total. The first-order valence-electron chi connectivity index (χ1n) is 5.08. The fraction of sp³-hybridized carbons (Fsp3) is 0.556. The fourth-order valence-corrected chi connectivity index (χ4v) is 1.73. The molecule has 0 saturated carbocycles. The highest BCUT2D eigenvalue weighted by Crippen LogP contribution is 2.08. The molecule has 1 saturated heterocycles. The maximum atomic E-state index is 11.7. The summed E-state index contributed by atoms with van der Waals surface area (Å²) in [4.78, 5) is 24.2. The predicted molar refractivity (Wildman–Crippen MR) is 52.8 cm³/mol. The molecular weight excluding hydrogens is 212 g/mol. The van der Waals surface area contributed by atoms with Crippen molar-refractivity contribution in [2.75, 3.05) is 13.1 Å². The number of aromatic nitrogens is 3.